The molecule has 0 unspecified atom stereocenters. The number of hydrogen-bond acceptors (Lipinski definition) is 2. The molecule has 66 valence electrons. The summed E-state index contributed by atoms with van der Waals surface area (Å²) in [5, 5.41) is 3.19. The zero-order valence-corrected chi connectivity index (χ0v) is 7.18. The highest BCUT2D eigenvalue weighted by Gasteiger charge is 2.14. The Balaban J connectivity index is 2.26. The fraction of sp³-hybridized carbons (Fsp3) is 0.667. The highest BCUT2D eigenvalue weighted by atomic mass is 16.2. The van der Waals surface area contributed by atoms with E-state index in [1.807, 2.05) is 4.90 Å². The Kier molecular flexibility index (Phi) is 3.62. The highest BCUT2D eigenvalue weighted by molar-refractivity contribution is 5.76. The molecular weight excluding hydrogens is 152 g/mol. The first-order chi connectivity index (χ1) is 5.84. The fourth-order valence-corrected chi connectivity index (χ4v) is 1.25. The second-order valence-electron chi connectivity index (χ2n) is 2.83. The van der Waals surface area contributed by atoms with Crippen LogP contribution < -0.4 is 5.32 Å². The van der Waals surface area contributed by atoms with Crippen molar-refractivity contribution in [3.05, 3.63) is 0 Å². The first kappa shape index (κ1) is 9.08. The standard InChI is InChI=1S/C9H14N2O/c1-2-3-4-9(12)11-7-5-10-6-8-11/h1,10H,3-8H2. The molecule has 0 aliphatic carbocycles. The summed E-state index contributed by atoms with van der Waals surface area (Å²) >= 11 is 0. The van der Waals surface area contributed by atoms with Crippen molar-refractivity contribution in [2.75, 3.05) is 26.2 Å². The van der Waals surface area contributed by atoms with Gasteiger partial charge in [0.15, 0.2) is 0 Å². The van der Waals surface area contributed by atoms with Crippen molar-refractivity contribution in [2.24, 2.45) is 0 Å². The number of amides is 1. The topological polar surface area (TPSA) is 32.3 Å². The normalized spacial score (nSPS) is 17.1. The lowest BCUT2D eigenvalue weighted by Crippen LogP contribution is -2.46. The van der Waals surface area contributed by atoms with Gasteiger partial charge < -0.3 is 10.2 Å². The van der Waals surface area contributed by atoms with E-state index >= 15 is 0 Å². The van der Waals surface area contributed by atoms with Crippen LogP contribution in [0.15, 0.2) is 0 Å². The molecule has 1 fully saturated rings. The third kappa shape index (κ3) is 2.55. The van der Waals surface area contributed by atoms with Crippen LogP contribution in [0.25, 0.3) is 0 Å². The van der Waals surface area contributed by atoms with Gasteiger partial charge in [0.25, 0.3) is 0 Å². The molecule has 0 aromatic rings. The summed E-state index contributed by atoms with van der Waals surface area (Å²) in [7, 11) is 0. The largest absolute Gasteiger partial charge is 0.340 e. The highest BCUT2D eigenvalue weighted by Crippen LogP contribution is 1.98. The lowest BCUT2D eigenvalue weighted by Gasteiger charge is -2.27. The van der Waals surface area contributed by atoms with E-state index in [0.717, 1.165) is 26.2 Å². The van der Waals surface area contributed by atoms with Gasteiger partial charge >= 0.3 is 0 Å². The van der Waals surface area contributed by atoms with E-state index in [2.05, 4.69) is 11.2 Å². The predicted octanol–water partition coefficient (Wildman–Crippen LogP) is -0.168. The molecule has 1 amide bonds. The Hall–Kier alpha value is -1.01. The van der Waals surface area contributed by atoms with Gasteiger partial charge in [-0.25, -0.2) is 0 Å². The number of rotatable bonds is 2. The van der Waals surface area contributed by atoms with Gasteiger partial charge in [0, 0.05) is 39.0 Å². The molecule has 1 aliphatic heterocycles. The quantitative estimate of drug-likeness (QED) is 0.578. The third-order valence-corrected chi connectivity index (χ3v) is 1.95. The maximum absolute atomic E-state index is 11.4. The third-order valence-electron chi connectivity index (χ3n) is 1.95. The molecule has 12 heavy (non-hydrogen) atoms. The van der Waals surface area contributed by atoms with Gasteiger partial charge in [-0.3, -0.25) is 4.79 Å². The van der Waals surface area contributed by atoms with E-state index in [9.17, 15) is 4.79 Å². The summed E-state index contributed by atoms with van der Waals surface area (Å²) in [6, 6.07) is 0. The number of nitrogens with zero attached hydrogens (tertiary/aromatic N) is 1. The zero-order chi connectivity index (χ0) is 8.81. The van der Waals surface area contributed by atoms with Crippen molar-refractivity contribution in [1.82, 2.24) is 10.2 Å². The van der Waals surface area contributed by atoms with Crippen LogP contribution >= 0.6 is 0 Å². The summed E-state index contributed by atoms with van der Waals surface area (Å²) in [5.74, 6) is 2.66. The number of hydrogen-bond donors (Lipinski definition) is 1. The van der Waals surface area contributed by atoms with Gasteiger partial charge in [-0.15, -0.1) is 12.3 Å². The molecule has 0 radical (unpaired) electrons. The average molecular weight is 166 g/mol. The molecule has 0 bridgehead atoms. The van der Waals surface area contributed by atoms with E-state index in [0.29, 0.717) is 12.8 Å². The minimum atomic E-state index is 0.189. The number of carbonyl (C=O) groups excluding carboxylic acids is 1. The SMILES string of the molecule is C#CCCC(=O)N1CCNCC1. The smallest absolute Gasteiger partial charge is 0.223 e. The van der Waals surface area contributed by atoms with Crippen molar-refractivity contribution in [1.29, 1.82) is 0 Å². The van der Waals surface area contributed by atoms with Crippen LogP contribution in [0, 0.1) is 12.3 Å². The molecule has 1 N–H and O–H groups in total. The summed E-state index contributed by atoms with van der Waals surface area (Å²) in [6.07, 6.45) is 6.13. The van der Waals surface area contributed by atoms with Crippen molar-refractivity contribution >= 4 is 5.91 Å². The zero-order valence-electron chi connectivity index (χ0n) is 7.18. The molecule has 3 heteroatoms. The van der Waals surface area contributed by atoms with Crippen LogP contribution in [0.2, 0.25) is 0 Å². The lowest BCUT2D eigenvalue weighted by atomic mass is 10.2. The van der Waals surface area contributed by atoms with E-state index in [4.69, 9.17) is 6.42 Å². The number of piperazine rings is 1. The van der Waals surface area contributed by atoms with Gasteiger partial charge in [0.2, 0.25) is 5.91 Å². The Morgan fingerprint density at radius 2 is 2.17 bits per heavy atom. The number of carbonyl (C=O) groups is 1. The Morgan fingerprint density at radius 1 is 1.50 bits per heavy atom. The fourth-order valence-electron chi connectivity index (χ4n) is 1.25. The van der Waals surface area contributed by atoms with Gasteiger partial charge in [-0.2, -0.15) is 0 Å². The molecule has 0 spiro atoms. The minimum absolute atomic E-state index is 0.189. The van der Waals surface area contributed by atoms with Crippen molar-refractivity contribution in [3.8, 4) is 12.3 Å². The van der Waals surface area contributed by atoms with Crippen LogP contribution in [-0.4, -0.2) is 37.0 Å². The maximum Gasteiger partial charge on any atom is 0.223 e. The summed E-state index contributed by atoms with van der Waals surface area (Å²) in [5.41, 5.74) is 0. The molecule has 0 saturated carbocycles. The van der Waals surface area contributed by atoms with Crippen LogP contribution in [0.3, 0.4) is 0 Å². The van der Waals surface area contributed by atoms with E-state index < -0.39 is 0 Å². The van der Waals surface area contributed by atoms with Crippen molar-refractivity contribution in [3.63, 3.8) is 0 Å². The van der Waals surface area contributed by atoms with E-state index in [1.165, 1.54) is 0 Å². The maximum atomic E-state index is 11.4. The molecule has 1 rings (SSSR count). The first-order valence-electron chi connectivity index (χ1n) is 4.26. The molecule has 3 nitrogen and oxygen atoms in total. The van der Waals surface area contributed by atoms with Gasteiger partial charge in [0.05, 0.1) is 0 Å². The van der Waals surface area contributed by atoms with E-state index in [-0.39, 0.29) is 5.91 Å². The van der Waals surface area contributed by atoms with Gasteiger partial charge in [-0.1, -0.05) is 0 Å². The second kappa shape index (κ2) is 4.78. The summed E-state index contributed by atoms with van der Waals surface area (Å²) in [4.78, 5) is 13.2. The number of terminal acetylenes is 1. The molecule has 1 aliphatic rings. The molecule has 0 atom stereocenters. The second-order valence-corrected chi connectivity index (χ2v) is 2.83. The monoisotopic (exact) mass is 166 g/mol. The van der Waals surface area contributed by atoms with Crippen LogP contribution in [-0.2, 0) is 4.79 Å². The average Bonchev–Trinajstić information content (AvgIpc) is 2.15. The van der Waals surface area contributed by atoms with Crippen molar-refractivity contribution in [2.45, 2.75) is 12.8 Å². The van der Waals surface area contributed by atoms with Crippen LogP contribution in [0.1, 0.15) is 12.8 Å². The van der Waals surface area contributed by atoms with Crippen LogP contribution in [0.5, 0.6) is 0 Å². The van der Waals surface area contributed by atoms with E-state index in [1.54, 1.807) is 0 Å². The van der Waals surface area contributed by atoms with Gasteiger partial charge in [0.1, 0.15) is 0 Å². The summed E-state index contributed by atoms with van der Waals surface area (Å²) < 4.78 is 0. The minimum Gasteiger partial charge on any atom is -0.340 e. The molecule has 1 saturated heterocycles. The first-order valence-corrected chi connectivity index (χ1v) is 4.26. The number of nitrogens with one attached hydrogen (secondary N) is 1. The molecule has 0 aromatic carbocycles. The van der Waals surface area contributed by atoms with Crippen LogP contribution in [0.4, 0.5) is 0 Å². The summed E-state index contributed by atoms with van der Waals surface area (Å²) in [6.45, 7) is 3.45. The lowest BCUT2D eigenvalue weighted by molar-refractivity contribution is -0.131. The van der Waals surface area contributed by atoms with Crippen molar-refractivity contribution < 1.29 is 4.79 Å². The molecule has 0 aromatic heterocycles. The molecular formula is C9H14N2O. The Bertz CT molecular complexity index is 189. The molecule has 1 heterocycles. The Labute approximate surface area is 73.1 Å². The Morgan fingerprint density at radius 3 is 2.75 bits per heavy atom. The van der Waals surface area contributed by atoms with Gasteiger partial charge in [-0.05, 0) is 0 Å². The predicted molar refractivity (Wildman–Crippen MR) is 47.5 cm³/mol.